The summed E-state index contributed by atoms with van der Waals surface area (Å²) in [6.45, 7) is 8.79. The van der Waals surface area contributed by atoms with Gasteiger partial charge in [0.15, 0.2) is 0 Å². The van der Waals surface area contributed by atoms with E-state index in [0.29, 0.717) is 38.1 Å². The largest absolute Gasteiger partial charge is 0.444 e. The van der Waals surface area contributed by atoms with Crippen molar-refractivity contribution in [2.24, 2.45) is 0 Å². The normalized spacial score (nSPS) is 13.9. The number of hydrogen-bond acceptors (Lipinski definition) is 4. The van der Waals surface area contributed by atoms with E-state index in [2.05, 4.69) is 10.3 Å². The van der Waals surface area contributed by atoms with Crippen molar-refractivity contribution in [3.63, 3.8) is 0 Å². The molecule has 31 heavy (non-hydrogen) atoms. The first-order valence-corrected chi connectivity index (χ1v) is 11.0. The molecule has 1 fully saturated rings. The van der Waals surface area contributed by atoms with Crippen LogP contribution in [-0.2, 0) is 11.3 Å². The second kappa shape index (κ2) is 9.45. The molecule has 0 unspecified atom stereocenters. The standard InChI is InChI=1S/C23H27Cl2N3O3/c1-14-18(13-26-22(30)31-23(2,3)4)17(21(29)28-9-5-6-10-28)12-20(27-14)16-8-7-15(24)11-19(16)25/h7-8,11-12H,5-6,9-10,13H2,1-4H3,(H,26,30). The molecule has 1 aliphatic heterocycles. The molecule has 2 aromatic rings. The number of carbonyl (C=O) groups excluding carboxylic acids is 2. The molecular formula is C23H27Cl2N3O3. The minimum atomic E-state index is -0.610. The van der Waals surface area contributed by atoms with Crippen LogP contribution < -0.4 is 5.32 Å². The second-order valence-electron chi connectivity index (χ2n) is 8.60. The Labute approximate surface area is 192 Å². The lowest BCUT2D eigenvalue weighted by molar-refractivity contribution is 0.0522. The maximum Gasteiger partial charge on any atom is 0.407 e. The molecule has 0 atom stereocenters. The molecule has 166 valence electrons. The molecule has 2 amide bonds. The average molecular weight is 464 g/mol. The van der Waals surface area contributed by atoms with E-state index in [1.807, 2.05) is 11.8 Å². The number of nitrogens with zero attached hydrogens (tertiary/aromatic N) is 2. The van der Waals surface area contributed by atoms with Crippen molar-refractivity contribution in [2.45, 2.75) is 52.7 Å². The van der Waals surface area contributed by atoms with Gasteiger partial charge in [0, 0.05) is 47.0 Å². The summed E-state index contributed by atoms with van der Waals surface area (Å²) in [5, 5.41) is 3.73. The van der Waals surface area contributed by atoms with E-state index in [4.69, 9.17) is 27.9 Å². The molecule has 0 bridgehead atoms. The highest BCUT2D eigenvalue weighted by Gasteiger charge is 2.25. The zero-order valence-corrected chi connectivity index (χ0v) is 19.7. The molecule has 2 heterocycles. The average Bonchev–Trinajstić information content (AvgIpc) is 3.19. The van der Waals surface area contributed by atoms with Gasteiger partial charge in [0.25, 0.3) is 5.91 Å². The molecule has 1 aliphatic rings. The molecule has 1 saturated heterocycles. The summed E-state index contributed by atoms with van der Waals surface area (Å²) < 4.78 is 5.32. The predicted molar refractivity (Wildman–Crippen MR) is 123 cm³/mol. The van der Waals surface area contributed by atoms with Gasteiger partial charge < -0.3 is 15.0 Å². The Balaban J connectivity index is 1.98. The third-order valence-corrected chi connectivity index (χ3v) is 5.52. The molecule has 0 spiro atoms. The molecule has 8 heteroatoms. The van der Waals surface area contributed by atoms with Crippen LogP contribution in [0.2, 0.25) is 10.0 Å². The monoisotopic (exact) mass is 463 g/mol. The number of benzene rings is 1. The van der Waals surface area contributed by atoms with Crippen molar-refractivity contribution in [2.75, 3.05) is 13.1 Å². The minimum absolute atomic E-state index is 0.0738. The van der Waals surface area contributed by atoms with E-state index >= 15 is 0 Å². The Hall–Kier alpha value is -2.31. The maximum atomic E-state index is 13.3. The lowest BCUT2D eigenvalue weighted by atomic mass is 10.0. The fraction of sp³-hybridized carbons (Fsp3) is 0.435. The molecule has 6 nitrogen and oxygen atoms in total. The summed E-state index contributed by atoms with van der Waals surface area (Å²) in [6, 6.07) is 6.92. The third kappa shape index (κ3) is 5.89. The summed E-state index contributed by atoms with van der Waals surface area (Å²) in [7, 11) is 0. The molecular weight excluding hydrogens is 437 g/mol. The van der Waals surface area contributed by atoms with Crippen molar-refractivity contribution in [1.29, 1.82) is 0 Å². The van der Waals surface area contributed by atoms with Gasteiger partial charge in [-0.05, 0) is 64.8 Å². The number of likely N-dealkylation sites (tertiary alicyclic amines) is 1. The quantitative estimate of drug-likeness (QED) is 0.637. The third-order valence-electron chi connectivity index (χ3n) is 4.97. The van der Waals surface area contributed by atoms with Gasteiger partial charge in [-0.1, -0.05) is 23.2 Å². The number of aryl methyl sites for hydroxylation is 1. The number of alkyl carbamates (subject to hydrolysis) is 1. The van der Waals surface area contributed by atoms with E-state index in [1.165, 1.54) is 0 Å². The van der Waals surface area contributed by atoms with Crippen LogP contribution in [0.4, 0.5) is 4.79 Å². The molecule has 0 saturated carbocycles. The van der Waals surface area contributed by atoms with Gasteiger partial charge >= 0.3 is 6.09 Å². The molecule has 1 N–H and O–H groups in total. The van der Waals surface area contributed by atoms with Gasteiger partial charge in [0.2, 0.25) is 0 Å². The van der Waals surface area contributed by atoms with Gasteiger partial charge in [0.05, 0.1) is 10.7 Å². The number of halogens is 2. The van der Waals surface area contributed by atoms with Crippen LogP contribution in [0.25, 0.3) is 11.3 Å². The first kappa shape index (κ1) is 23.4. The fourth-order valence-electron chi connectivity index (χ4n) is 3.51. The molecule has 1 aromatic heterocycles. The number of ether oxygens (including phenoxy) is 1. The zero-order valence-electron chi connectivity index (χ0n) is 18.2. The van der Waals surface area contributed by atoms with Crippen LogP contribution in [0.1, 0.15) is 55.2 Å². The van der Waals surface area contributed by atoms with Gasteiger partial charge in [-0.15, -0.1) is 0 Å². The Bertz CT molecular complexity index is 996. The van der Waals surface area contributed by atoms with Crippen LogP contribution in [0.5, 0.6) is 0 Å². The summed E-state index contributed by atoms with van der Waals surface area (Å²) in [6.07, 6.45) is 1.42. The minimum Gasteiger partial charge on any atom is -0.444 e. The van der Waals surface area contributed by atoms with E-state index in [-0.39, 0.29) is 12.5 Å². The Morgan fingerprint density at radius 3 is 2.45 bits per heavy atom. The van der Waals surface area contributed by atoms with Crippen LogP contribution in [-0.4, -0.2) is 40.6 Å². The lowest BCUT2D eigenvalue weighted by Crippen LogP contribution is -2.34. The van der Waals surface area contributed by atoms with Crippen molar-refractivity contribution >= 4 is 35.2 Å². The summed E-state index contributed by atoms with van der Waals surface area (Å²) in [5.74, 6) is -0.0738. The van der Waals surface area contributed by atoms with Crippen molar-refractivity contribution in [3.8, 4) is 11.3 Å². The molecule has 3 rings (SSSR count). The number of rotatable bonds is 4. The predicted octanol–water partition coefficient (Wildman–Crippen LogP) is 5.62. The summed E-state index contributed by atoms with van der Waals surface area (Å²) in [4.78, 5) is 32.0. The lowest BCUT2D eigenvalue weighted by Gasteiger charge is -2.22. The fourth-order valence-corrected chi connectivity index (χ4v) is 4.02. The second-order valence-corrected chi connectivity index (χ2v) is 9.44. The van der Waals surface area contributed by atoms with Crippen LogP contribution in [0, 0.1) is 6.92 Å². The number of aromatic nitrogens is 1. The van der Waals surface area contributed by atoms with Crippen molar-refractivity contribution in [3.05, 3.63) is 51.1 Å². The van der Waals surface area contributed by atoms with E-state index in [0.717, 1.165) is 25.9 Å². The topological polar surface area (TPSA) is 71.5 Å². The zero-order chi connectivity index (χ0) is 22.8. The van der Waals surface area contributed by atoms with Gasteiger partial charge in [0.1, 0.15) is 5.60 Å². The van der Waals surface area contributed by atoms with Gasteiger partial charge in [-0.3, -0.25) is 9.78 Å². The Kier molecular flexibility index (Phi) is 7.12. The smallest absolute Gasteiger partial charge is 0.407 e. The van der Waals surface area contributed by atoms with Crippen LogP contribution in [0.15, 0.2) is 24.3 Å². The van der Waals surface area contributed by atoms with Crippen LogP contribution in [0.3, 0.4) is 0 Å². The highest BCUT2D eigenvalue weighted by Crippen LogP contribution is 2.31. The highest BCUT2D eigenvalue weighted by molar-refractivity contribution is 6.36. The van der Waals surface area contributed by atoms with E-state index in [1.54, 1.807) is 45.0 Å². The molecule has 1 aromatic carbocycles. The SMILES string of the molecule is Cc1nc(-c2ccc(Cl)cc2Cl)cc(C(=O)N2CCCC2)c1CNC(=O)OC(C)(C)C. The van der Waals surface area contributed by atoms with Gasteiger partial charge in [-0.2, -0.15) is 0 Å². The Morgan fingerprint density at radius 1 is 1.16 bits per heavy atom. The van der Waals surface area contributed by atoms with Crippen molar-refractivity contribution < 1.29 is 14.3 Å². The van der Waals surface area contributed by atoms with Crippen LogP contribution >= 0.6 is 23.2 Å². The number of pyridine rings is 1. The first-order chi connectivity index (χ1) is 14.5. The van der Waals surface area contributed by atoms with E-state index < -0.39 is 11.7 Å². The first-order valence-electron chi connectivity index (χ1n) is 10.3. The van der Waals surface area contributed by atoms with Gasteiger partial charge in [-0.25, -0.2) is 4.79 Å². The molecule has 0 aliphatic carbocycles. The summed E-state index contributed by atoms with van der Waals surface area (Å²) in [5.41, 5.74) is 2.48. The Morgan fingerprint density at radius 2 is 1.84 bits per heavy atom. The number of nitrogens with one attached hydrogen (secondary N) is 1. The molecule has 0 radical (unpaired) electrons. The summed E-state index contributed by atoms with van der Waals surface area (Å²) >= 11 is 12.4. The maximum absolute atomic E-state index is 13.3. The van der Waals surface area contributed by atoms with E-state index in [9.17, 15) is 9.59 Å². The van der Waals surface area contributed by atoms with Crippen molar-refractivity contribution in [1.82, 2.24) is 15.2 Å². The number of hydrogen-bond donors (Lipinski definition) is 1. The highest BCUT2D eigenvalue weighted by atomic mass is 35.5. The number of amides is 2. The number of carbonyl (C=O) groups is 2.